The average Bonchev–Trinajstić information content (AvgIpc) is 3.05. The van der Waals surface area contributed by atoms with Gasteiger partial charge in [-0.1, -0.05) is 24.3 Å². The molecule has 0 radical (unpaired) electrons. The Bertz CT molecular complexity index is 361. The van der Waals surface area contributed by atoms with Crippen LogP contribution in [0.4, 0.5) is 0 Å². The summed E-state index contributed by atoms with van der Waals surface area (Å²) in [6, 6.07) is 10.00. The smallest absolute Gasteiger partial charge is 0.0234 e. The lowest BCUT2D eigenvalue weighted by Crippen LogP contribution is -2.32. The first-order valence-corrected chi connectivity index (χ1v) is 6.83. The van der Waals surface area contributed by atoms with Crippen LogP contribution in [-0.4, -0.2) is 31.1 Å². The number of likely N-dealkylation sites (N-methyl/N-ethyl adjacent to an activating group) is 1. The molecule has 0 spiro atoms. The van der Waals surface area contributed by atoms with Crippen molar-refractivity contribution in [3.63, 3.8) is 0 Å². The molecule has 17 heavy (non-hydrogen) atoms. The highest BCUT2D eigenvalue weighted by atomic mass is 15.2. The standard InChI is InChI=1S/C15H22N2/c1-17(15-8-9-16-10-15)11-12-2-4-13(5-3-12)14-6-7-14/h2-5,14-16H,6-11H2,1H3. The molecule has 1 unspecified atom stereocenters. The summed E-state index contributed by atoms with van der Waals surface area (Å²) in [5.41, 5.74) is 2.99. The largest absolute Gasteiger partial charge is 0.315 e. The van der Waals surface area contributed by atoms with Gasteiger partial charge in [0.1, 0.15) is 0 Å². The SMILES string of the molecule is CN(Cc1ccc(C2CC2)cc1)C1CCNC1. The Balaban J connectivity index is 1.59. The first kappa shape index (κ1) is 11.2. The van der Waals surface area contributed by atoms with Gasteiger partial charge in [0.2, 0.25) is 0 Å². The van der Waals surface area contributed by atoms with Crippen LogP contribution in [0.5, 0.6) is 0 Å². The van der Waals surface area contributed by atoms with Crippen LogP contribution < -0.4 is 5.32 Å². The molecule has 2 nitrogen and oxygen atoms in total. The predicted octanol–water partition coefficient (Wildman–Crippen LogP) is 2.36. The highest BCUT2D eigenvalue weighted by molar-refractivity contribution is 5.28. The van der Waals surface area contributed by atoms with Gasteiger partial charge in [-0.05, 0) is 49.9 Å². The third kappa shape index (κ3) is 2.70. The maximum Gasteiger partial charge on any atom is 0.0234 e. The molecular weight excluding hydrogens is 208 g/mol. The molecule has 1 aromatic rings. The summed E-state index contributed by atoms with van der Waals surface area (Å²) in [6.45, 7) is 3.41. The van der Waals surface area contributed by atoms with Gasteiger partial charge in [0.15, 0.2) is 0 Å². The summed E-state index contributed by atoms with van der Waals surface area (Å²) in [7, 11) is 2.24. The topological polar surface area (TPSA) is 15.3 Å². The van der Waals surface area contributed by atoms with E-state index in [0.29, 0.717) is 0 Å². The van der Waals surface area contributed by atoms with Crippen LogP contribution in [0.3, 0.4) is 0 Å². The first-order valence-electron chi connectivity index (χ1n) is 6.83. The second-order valence-electron chi connectivity index (χ2n) is 5.58. The van der Waals surface area contributed by atoms with Crippen molar-refractivity contribution >= 4 is 0 Å². The summed E-state index contributed by atoms with van der Waals surface area (Å²) < 4.78 is 0. The van der Waals surface area contributed by atoms with Crippen molar-refractivity contribution in [2.75, 3.05) is 20.1 Å². The second kappa shape index (κ2) is 4.79. The van der Waals surface area contributed by atoms with Gasteiger partial charge in [-0.2, -0.15) is 0 Å². The van der Waals surface area contributed by atoms with E-state index in [1.165, 1.54) is 31.4 Å². The van der Waals surface area contributed by atoms with E-state index >= 15 is 0 Å². The fourth-order valence-corrected chi connectivity index (χ4v) is 2.74. The molecular formula is C15H22N2. The van der Waals surface area contributed by atoms with Gasteiger partial charge < -0.3 is 5.32 Å². The molecule has 2 fully saturated rings. The first-order chi connectivity index (χ1) is 8.33. The summed E-state index contributed by atoms with van der Waals surface area (Å²) >= 11 is 0. The molecule has 1 aliphatic heterocycles. The molecule has 1 saturated carbocycles. The maximum absolute atomic E-state index is 3.43. The maximum atomic E-state index is 3.43. The van der Waals surface area contributed by atoms with E-state index in [1.807, 2.05) is 0 Å². The molecule has 0 amide bonds. The Hall–Kier alpha value is -0.860. The Kier molecular flexibility index (Phi) is 3.17. The van der Waals surface area contributed by atoms with Crippen molar-refractivity contribution in [1.29, 1.82) is 0 Å². The lowest BCUT2D eigenvalue weighted by atomic mass is 10.1. The van der Waals surface area contributed by atoms with E-state index in [-0.39, 0.29) is 0 Å². The van der Waals surface area contributed by atoms with Gasteiger partial charge >= 0.3 is 0 Å². The summed E-state index contributed by atoms with van der Waals surface area (Å²) in [5, 5.41) is 3.43. The van der Waals surface area contributed by atoms with E-state index in [9.17, 15) is 0 Å². The van der Waals surface area contributed by atoms with E-state index in [1.54, 1.807) is 5.56 Å². The minimum Gasteiger partial charge on any atom is -0.315 e. The molecule has 92 valence electrons. The zero-order chi connectivity index (χ0) is 11.7. The third-order valence-corrected chi connectivity index (χ3v) is 4.12. The van der Waals surface area contributed by atoms with E-state index in [2.05, 4.69) is 41.5 Å². The Morgan fingerprint density at radius 2 is 1.94 bits per heavy atom. The van der Waals surface area contributed by atoms with Crippen molar-refractivity contribution in [2.24, 2.45) is 0 Å². The average molecular weight is 230 g/mol. The number of hydrogen-bond donors (Lipinski definition) is 1. The van der Waals surface area contributed by atoms with Crippen LogP contribution in [0, 0.1) is 0 Å². The van der Waals surface area contributed by atoms with Crippen molar-refractivity contribution in [3.8, 4) is 0 Å². The van der Waals surface area contributed by atoms with Crippen molar-refractivity contribution < 1.29 is 0 Å². The van der Waals surface area contributed by atoms with E-state index < -0.39 is 0 Å². The highest BCUT2D eigenvalue weighted by Crippen LogP contribution is 2.39. The molecule has 1 aliphatic carbocycles. The van der Waals surface area contributed by atoms with Gasteiger partial charge in [0, 0.05) is 19.1 Å². The summed E-state index contributed by atoms with van der Waals surface area (Å²) in [5.74, 6) is 0.876. The summed E-state index contributed by atoms with van der Waals surface area (Å²) in [6.07, 6.45) is 4.08. The number of benzene rings is 1. The molecule has 1 aromatic carbocycles. The van der Waals surface area contributed by atoms with E-state index in [0.717, 1.165) is 25.0 Å². The van der Waals surface area contributed by atoms with Crippen LogP contribution in [0.1, 0.15) is 36.3 Å². The second-order valence-corrected chi connectivity index (χ2v) is 5.58. The van der Waals surface area contributed by atoms with Gasteiger partial charge in [0.25, 0.3) is 0 Å². The minimum absolute atomic E-state index is 0.720. The quantitative estimate of drug-likeness (QED) is 0.854. The van der Waals surface area contributed by atoms with Crippen molar-refractivity contribution in [2.45, 2.75) is 37.8 Å². The van der Waals surface area contributed by atoms with Crippen molar-refractivity contribution in [3.05, 3.63) is 35.4 Å². The summed E-state index contributed by atoms with van der Waals surface area (Å²) in [4.78, 5) is 2.48. The van der Waals surface area contributed by atoms with Crippen LogP contribution >= 0.6 is 0 Å². The minimum atomic E-state index is 0.720. The molecule has 3 rings (SSSR count). The zero-order valence-corrected chi connectivity index (χ0v) is 10.7. The van der Waals surface area contributed by atoms with Crippen LogP contribution in [0.15, 0.2) is 24.3 Å². The molecule has 2 heteroatoms. The predicted molar refractivity (Wildman–Crippen MR) is 71.2 cm³/mol. The Morgan fingerprint density at radius 1 is 1.18 bits per heavy atom. The number of nitrogens with one attached hydrogen (secondary N) is 1. The fourth-order valence-electron chi connectivity index (χ4n) is 2.74. The van der Waals surface area contributed by atoms with Crippen LogP contribution in [0.2, 0.25) is 0 Å². The van der Waals surface area contributed by atoms with E-state index in [4.69, 9.17) is 0 Å². The molecule has 2 aliphatic rings. The lowest BCUT2D eigenvalue weighted by molar-refractivity contribution is 0.249. The number of hydrogen-bond acceptors (Lipinski definition) is 2. The molecule has 1 saturated heterocycles. The van der Waals surface area contributed by atoms with Gasteiger partial charge in [-0.15, -0.1) is 0 Å². The van der Waals surface area contributed by atoms with Crippen LogP contribution in [-0.2, 0) is 6.54 Å². The number of rotatable bonds is 4. The monoisotopic (exact) mass is 230 g/mol. The Morgan fingerprint density at radius 3 is 2.53 bits per heavy atom. The van der Waals surface area contributed by atoms with Crippen LogP contribution in [0.25, 0.3) is 0 Å². The highest BCUT2D eigenvalue weighted by Gasteiger charge is 2.23. The Labute approximate surface area is 104 Å². The molecule has 1 atom stereocenters. The third-order valence-electron chi connectivity index (χ3n) is 4.12. The van der Waals surface area contributed by atoms with Gasteiger partial charge in [-0.25, -0.2) is 0 Å². The zero-order valence-electron chi connectivity index (χ0n) is 10.7. The molecule has 1 N–H and O–H groups in total. The van der Waals surface area contributed by atoms with Gasteiger partial charge in [0.05, 0.1) is 0 Å². The molecule has 0 bridgehead atoms. The lowest BCUT2D eigenvalue weighted by Gasteiger charge is -2.23. The molecule has 0 aromatic heterocycles. The van der Waals surface area contributed by atoms with Crippen molar-refractivity contribution in [1.82, 2.24) is 10.2 Å². The number of nitrogens with zero attached hydrogens (tertiary/aromatic N) is 1. The fraction of sp³-hybridized carbons (Fsp3) is 0.600. The normalized spacial score (nSPS) is 24.5. The van der Waals surface area contributed by atoms with Gasteiger partial charge in [-0.3, -0.25) is 4.90 Å². The molecule has 1 heterocycles.